The normalized spacial score (nSPS) is 31.3. The molecule has 0 radical (unpaired) electrons. The van der Waals surface area contributed by atoms with Gasteiger partial charge in [0.25, 0.3) is 0 Å². The van der Waals surface area contributed by atoms with Crippen molar-refractivity contribution in [1.82, 2.24) is 15.2 Å². The molecule has 5 rings (SSSR count). The molecule has 3 heterocycles. The van der Waals surface area contributed by atoms with Gasteiger partial charge in [0.2, 0.25) is 0 Å². The van der Waals surface area contributed by atoms with E-state index in [9.17, 15) is 13.2 Å². The summed E-state index contributed by atoms with van der Waals surface area (Å²) in [7, 11) is 0. The van der Waals surface area contributed by atoms with Crippen molar-refractivity contribution in [2.45, 2.75) is 12.6 Å². The number of aromatic nitrogens is 1. The Labute approximate surface area is 156 Å². The molecule has 2 unspecified atom stereocenters. The van der Waals surface area contributed by atoms with Crippen LogP contribution in [0.2, 0.25) is 0 Å². The Balaban J connectivity index is 1.44. The van der Waals surface area contributed by atoms with E-state index in [1.807, 2.05) is 41.3 Å². The molecule has 1 saturated carbocycles. The van der Waals surface area contributed by atoms with E-state index in [-0.39, 0.29) is 13.0 Å². The topological polar surface area (TPSA) is 31.4 Å². The second-order valence-corrected chi connectivity index (χ2v) is 8.28. The van der Waals surface area contributed by atoms with Gasteiger partial charge in [0.15, 0.2) is 0 Å². The van der Waals surface area contributed by atoms with Gasteiger partial charge in [-0.15, -0.1) is 0 Å². The summed E-state index contributed by atoms with van der Waals surface area (Å²) in [5, 5.41) is 4.28. The summed E-state index contributed by atoms with van der Waals surface area (Å²) in [6.45, 7) is 4.33. The molecule has 1 aromatic carbocycles. The zero-order valence-corrected chi connectivity index (χ0v) is 15.1. The van der Waals surface area contributed by atoms with E-state index < -0.39 is 17.0 Å². The quantitative estimate of drug-likeness (QED) is 0.893. The van der Waals surface area contributed by atoms with Gasteiger partial charge in [0, 0.05) is 56.6 Å². The number of hydrogen-bond donors (Lipinski definition) is 1. The van der Waals surface area contributed by atoms with Crippen molar-refractivity contribution < 1.29 is 13.2 Å². The molecule has 7 heteroatoms. The van der Waals surface area contributed by atoms with Crippen LogP contribution in [0.1, 0.15) is 6.42 Å². The number of para-hydroxylation sites is 1. The summed E-state index contributed by atoms with van der Waals surface area (Å²) in [6, 6.07) is 11.5. The highest BCUT2D eigenvalue weighted by atomic mass is 19.4. The average Bonchev–Trinajstić information content (AvgIpc) is 3.17. The van der Waals surface area contributed by atoms with Crippen molar-refractivity contribution in [2.75, 3.05) is 50.7 Å². The summed E-state index contributed by atoms with van der Waals surface area (Å²) in [5.74, 6) is 0.657. The SMILES string of the molecule is FC(F)(F)C12CN(c3ccc4ccccc4n3)CC1(CN1CCNCC1)C2. The number of benzene rings is 1. The Morgan fingerprint density at radius 3 is 2.59 bits per heavy atom. The van der Waals surface area contributed by atoms with Gasteiger partial charge < -0.3 is 15.1 Å². The predicted octanol–water partition coefficient (Wildman–Crippen LogP) is 2.90. The Bertz CT molecular complexity index is 864. The number of nitrogens with one attached hydrogen (secondary N) is 1. The molecule has 27 heavy (non-hydrogen) atoms. The van der Waals surface area contributed by atoms with Crippen LogP contribution >= 0.6 is 0 Å². The van der Waals surface area contributed by atoms with Gasteiger partial charge in [-0.1, -0.05) is 18.2 Å². The smallest absolute Gasteiger partial charge is 0.355 e. The van der Waals surface area contributed by atoms with E-state index in [4.69, 9.17) is 0 Å². The number of pyridine rings is 1. The highest BCUT2D eigenvalue weighted by molar-refractivity contribution is 5.80. The molecular formula is C20H23F3N4. The van der Waals surface area contributed by atoms with Crippen molar-refractivity contribution in [2.24, 2.45) is 10.8 Å². The van der Waals surface area contributed by atoms with E-state index in [2.05, 4.69) is 15.2 Å². The first kappa shape index (κ1) is 17.3. The van der Waals surface area contributed by atoms with Crippen LogP contribution < -0.4 is 10.2 Å². The Morgan fingerprint density at radius 2 is 1.81 bits per heavy atom. The minimum atomic E-state index is -4.17. The zero-order valence-electron chi connectivity index (χ0n) is 15.1. The molecule has 4 nitrogen and oxygen atoms in total. The molecule has 2 atom stereocenters. The fourth-order valence-corrected chi connectivity index (χ4v) is 5.15. The molecule has 2 aliphatic heterocycles. The summed E-state index contributed by atoms with van der Waals surface area (Å²) < 4.78 is 42.1. The number of alkyl halides is 3. The second-order valence-electron chi connectivity index (χ2n) is 8.28. The van der Waals surface area contributed by atoms with E-state index in [1.54, 1.807) is 0 Å². The maximum atomic E-state index is 14.0. The molecule has 144 valence electrons. The molecule has 2 aromatic rings. The fourth-order valence-electron chi connectivity index (χ4n) is 5.15. The van der Waals surface area contributed by atoms with Crippen molar-refractivity contribution >= 4 is 16.7 Å². The van der Waals surface area contributed by atoms with Crippen LogP contribution in [-0.4, -0.2) is 61.9 Å². The Hall–Kier alpha value is -1.86. The van der Waals surface area contributed by atoms with E-state index in [0.717, 1.165) is 37.1 Å². The van der Waals surface area contributed by atoms with Gasteiger partial charge >= 0.3 is 6.18 Å². The number of piperazine rings is 1. The lowest BCUT2D eigenvalue weighted by Crippen LogP contribution is -2.47. The highest BCUT2D eigenvalue weighted by Crippen LogP contribution is 2.75. The zero-order chi connectivity index (χ0) is 18.7. The average molecular weight is 376 g/mol. The number of rotatable bonds is 3. The third-order valence-corrected chi connectivity index (χ3v) is 6.67. The molecule has 1 N–H and O–H groups in total. The first-order valence-electron chi connectivity index (χ1n) is 9.53. The lowest BCUT2D eigenvalue weighted by atomic mass is 9.94. The molecule has 0 spiro atoms. The fraction of sp³-hybridized carbons (Fsp3) is 0.550. The monoisotopic (exact) mass is 376 g/mol. The largest absolute Gasteiger partial charge is 0.396 e. The summed E-state index contributed by atoms with van der Waals surface area (Å²) in [6.07, 6.45) is -3.93. The first-order valence-corrected chi connectivity index (χ1v) is 9.53. The van der Waals surface area contributed by atoms with Crippen molar-refractivity contribution in [3.63, 3.8) is 0 Å². The minimum Gasteiger partial charge on any atom is -0.355 e. The number of halogens is 3. The van der Waals surface area contributed by atoms with Crippen LogP contribution in [0.3, 0.4) is 0 Å². The van der Waals surface area contributed by atoms with Crippen molar-refractivity contribution in [1.29, 1.82) is 0 Å². The predicted molar refractivity (Wildman–Crippen MR) is 98.8 cm³/mol. The van der Waals surface area contributed by atoms with E-state index in [0.29, 0.717) is 18.9 Å². The van der Waals surface area contributed by atoms with Gasteiger partial charge in [-0.25, -0.2) is 4.98 Å². The van der Waals surface area contributed by atoms with Gasteiger partial charge in [0.05, 0.1) is 10.9 Å². The molecule has 3 fully saturated rings. The summed E-state index contributed by atoms with van der Waals surface area (Å²) in [4.78, 5) is 8.69. The Kier molecular flexibility index (Phi) is 3.72. The minimum absolute atomic E-state index is 0.0218. The maximum Gasteiger partial charge on any atom is 0.396 e. The van der Waals surface area contributed by atoms with Crippen molar-refractivity contribution in [3.05, 3.63) is 36.4 Å². The van der Waals surface area contributed by atoms with Crippen LogP contribution in [0.15, 0.2) is 36.4 Å². The lowest BCUT2D eigenvalue weighted by Gasteiger charge is -2.32. The first-order chi connectivity index (χ1) is 12.9. The number of nitrogens with zero attached hydrogens (tertiary/aromatic N) is 3. The van der Waals surface area contributed by atoms with Crippen LogP contribution in [0, 0.1) is 10.8 Å². The molecule has 0 bridgehead atoms. The molecule has 1 aromatic heterocycles. The Morgan fingerprint density at radius 1 is 1.04 bits per heavy atom. The maximum absolute atomic E-state index is 14.0. The summed E-state index contributed by atoms with van der Waals surface area (Å²) in [5.41, 5.74) is -1.46. The molecule has 1 aliphatic carbocycles. The number of hydrogen-bond acceptors (Lipinski definition) is 4. The van der Waals surface area contributed by atoms with Crippen LogP contribution in [-0.2, 0) is 0 Å². The lowest BCUT2D eigenvalue weighted by molar-refractivity contribution is -0.191. The molecule has 0 amide bonds. The van der Waals surface area contributed by atoms with Gasteiger partial charge in [-0.05, 0) is 24.6 Å². The van der Waals surface area contributed by atoms with Gasteiger partial charge in [-0.3, -0.25) is 0 Å². The van der Waals surface area contributed by atoms with E-state index in [1.165, 1.54) is 0 Å². The van der Waals surface area contributed by atoms with E-state index >= 15 is 0 Å². The standard InChI is InChI=1S/C20H23F3N4/c21-20(22,23)19-11-18(19,12-26-9-7-24-8-10-26)13-27(14-19)17-6-5-15-3-1-2-4-16(15)25-17/h1-6,24H,7-14H2. The molecule has 2 saturated heterocycles. The number of piperidine rings is 1. The summed E-state index contributed by atoms with van der Waals surface area (Å²) >= 11 is 0. The van der Waals surface area contributed by atoms with Gasteiger partial charge in [0.1, 0.15) is 5.82 Å². The van der Waals surface area contributed by atoms with Crippen LogP contribution in [0.25, 0.3) is 10.9 Å². The molecule has 3 aliphatic rings. The van der Waals surface area contributed by atoms with Gasteiger partial charge in [-0.2, -0.15) is 13.2 Å². The van der Waals surface area contributed by atoms with Crippen LogP contribution in [0.5, 0.6) is 0 Å². The number of fused-ring (bicyclic) bond motifs is 2. The third kappa shape index (κ3) is 2.63. The number of anilines is 1. The highest BCUT2D eigenvalue weighted by Gasteiger charge is 2.83. The third-order valence-electron chi connectivity index (χ3n) is 6.67. The van der Waals surface area contributed by atoms with Crippen molar-refractivity contribution in [3.8, 4) is 0 Å². The second kappa shape index (κ2) is 5.82. The molecular weight excluding hydrogens is 353 g/mol. The van der Waals surface area contributed by atoms with Crippen LogP contribution in [0.4, 0.5) is 19.0 Å².